The smallest absolute Gasteiger partial charge is 0.317 e. The van der Waals surface area contributed by atoms with Gasteiger partial charge >= 0.3 is 11.9 Å². The van der Waals surface area contributed by atoms with Gasteiger partial charge in [0.25, 0.3) is 0 Å². The molecule has 0 spiro atoms. The summed E-state index contributed by atoms with van der Waals surface area (Å²) in [5.74, 6) is -2.09. The van der Waals surface area contributed by atoms with Crippen LogP contribution in [-0.2, 0) is 9.59 Å². The highest BCUT2D eigenvalue weighted by molar-refractivity contribution is 5.85. The Morgan fingerprint density at radius 1 is 1.23 bits per heavy atom. The normalized spacial score (nSPS) is 9.00. The van der Waals surface area contributed by atoms with Crippen LogP contribution < -0.4 is 0 Å². The molecular weight excluding hydrogens is 198 g/mol. The minimum absolute atomic E-state index is 0. The molecule has 0 atom stereocenters. The predicted molar refractivity (Wildman–Crippen MR) is 49.2 cm³/mol. The van der Waals surface area contributed by atoms with Crippen molar-refractivity contribution in [2.45, 2.75) is 0 Å². The number of aliphatic carboxylic acids is 2. The van der Waals surface area contributed by atoms with Crippen molar-refractivity contribution in [2.75, 3.05) is 19.6 Å². The van der Waals surface area contributed by atoms with Gasteiger partial charge in [-0.05, 0) is 0 Å². The van der Waals surface area contributed by atoms with E-state index in [1.54, 1.807) is 0 Å². The van der Waals surface area contributed by atoms with Crippen molar-refractivity contribution in [1.29, 1.82) is 0 Å². The first kappa shape index (κ1) is 14.5. The standard InChI is InChI=1S/C7H11NO4.ClH/c1-2-3-8(4-6(9)10)5-7(11)12;/h2H,1,3-5H2,(H,9,10)(H,11,12);1H. The highest BCUT2D eigenvalue weighted by Crippen LogP contribution is 1.87. The minimum atomic E-state index is -1.04. The van der Waals surface area contributed by atoms with Gasteiger partial charge in [-0.15, -0.1) is 19.0 Å². The van der Waals surface area contributed by atoms with E-state index < -0.39 is 11.9 Å². The van der Waals surface area contributed by atoms with Crippen LogP contribution in [0.5, 0.6) is 0 Å². The molecule has 0 aromatic carbocycles. The maximum Gasteiger partial charge on any atom is 0.317 e. The van der Waals surface area contributed by atoms with Crippen molar-refractivity contribution in [2.24, 2.45) is 0 Å². The maximum atomic E-state index is 10.2. The van der Waals surface area contributed by atoms with E-state index in [1.807, 2.05) is 0 Å². The highest BCUT2D eigenvalue weighted by atomic mass is 35.5. The zero-order chi connectivity index (χ0) is 9.56. The Kier molecular flexibility index (Phi) is 8.42. The summed E-state index contributed by atoms with van der Waals surface area (Å²) < 4.78 is 0. The molecule has 0 aliphatic carbocycles. The number of halogens is 1. The van der Waals surface area contributed by atoms with Crippen molar-refractivity contribution >= 4 is 24.3 Å². The monoisotopic (exact) mass is 209 g/mol. The van der Waals surface area contributed by atoms with Gasteiger partial charge in [-0.2, -0.15) is 0 Å². The largest absolute Gasteiger partial charge is 0.480 e. The lowest BCUT2D eigenvalue weighted by molar-refractivity contribution is -0.141. The van der Waals surface area contributed by atoms with Crippen LogP contribution in [0.4, 0.5) is 0 Å². The van der Waals surface area contributed by atoms with Gasteiger partial charge in [0.2, 0.25) is 0 Å². The summed E-state index contributed by atoms with van der Waals surface area (Å²) in [6, 6.07) is 0. The van der Waals surface area contributed by atoms with Gasteiger partial charge < -0.3 is 10.2 Å². The molecule has 76 valence electrons. The van der Waals surface area contributed by atoms with Crippen LogP contribution >= 0.6 is 12.4 Å². The summed E-state index contributed by atoms with van der Waals surface area (Å²) in [6.45, 7) is 3.09. The van der Waals surface area contributed by atoms with Crippen LogP contribution in [0.1, 0.15) is 0 Å². The minimum Gasteiger partial charge on any atom is -0.480 e. The van der Waals surface area contributed by atoms with Gasteiger partial charge in [-0.25, -0.2) is 0 Å². The number of carboxylic acids is 2. The Hall–Kier alpha value is -1.07. The summed E-state index contributed by atoms with van der Waals surface area (Å²) in [6.07, 6.45) is 1.46. The van der Waals surface area contributed by atoms with Gasteiger partial charge in [0.15, 0.2) is 0 Å². The third-order valence-electron chi connectivity index (χ3n) is 1.11. The lowest BCUT2D eigenvalue weighted by Crippen LogP contribution is -2.34. The molecule has 0 fully saturated rings. The van der Waals surface area contributed by atoms with Crippen molar-refractivity contribution in [1.82, 2.24) is 4.90 Å². The van der Waals surface area contributed by atoms with E-state index in [2.05, 4.69) is 6.58 Å². The molecule has 0 aromatic heterocycles. The van der Waals surface area contributed by atoms with E-state index in [0.29, 0.717) is 0 Å². The Morgan fingerprint density at radius 2 is 1.62 bits per heavy atom. The average Bonchev–Trinajstić information content (AvgIpc) is 1.84. The molecule has 0 unspecified atom stereocenters. The van der Waals surface area contributed by atoms with Crippen molar-refractivity contribution in [3.63, 3.8) is 0 Å². The summed E-state index contributed by atoms with van der Waals surface area (Å²) in [5, 5.41) is 16.7. The van der Waals surface area contributed by atoms with Gasteiger partial charge in [0.1, 0.15) is 0 Å². The Balaban J connectivity index is 0. The molecule has 0 bridgehead atoms. The molecule has 0 heterocycles. The highest BCUT2D eigenvalue weighted by Gasteiger charge is 2.10. The topological polar surface area (TPSA) is 77.8 Å². The van der Waals surface area contributed by atoms with E-state index in [4.69, 9.17) is 10.2 Å². The molecule has 0 rings (SSSR count). The van der Waals surface area contributed by atoms with Crippen LogP contribution in [-0.4, -0.2) is 46.7 Å². The third-order valence-corrected chi connectivity index (χ3v) is 1.11. The predicted octanol–water partition coefficient (Wildman–Crippen LogP) is 0.0654. The van der Waals surface area contributed by atoms with Crippen molar-refractivity contribution in [3.8, 4) is 0 Å². The number of hydrogen-bond acceptors (Lipinski definition) is 3. The molecule has 6 heteroatoms. The van der Waals surface area contributed by atoms with E-state index in [-0.39, 0.29) is 32.0 Å². The molecule has 0 amide bonds. The molecule has 0 saturated heterocycles. The van der Waals surface area contributed by atoms with Crippen LogP contribution in [0.2, 0.25) is 0 Å². The van der Waals surface area contributed by atoms with Crippen molar-refractivity contribution < 1.29 is 19.8 Å². The lowest BCUT2D eigenvalue weighted by Gasteiger charge is -2.14. The molecule has 2 N–H and O–H groups in total. The molecule has 0 saturated carbocycles. The molecule has 0 aliphatic heterocycles. The van der Waals surface area contributed by atoms with Crippen LogP contribution in [0.25, 0.3) is 0 Å². The van der Waals surface area contributed by atoms with E-state index in [1.165, 1.54) is 11.0 Å². The quantitative estimate of drug-likeness (QED) is 0.605. The fraction of sp³-hybridized carbons (Fsp3) is 0.429. The first-order valence-corrected chi connectivity index (χ1v) is 3.33. The number of carboxylic acid groups (broad SMARTS) is 2. The summed E-state index contributed by atoms with van der Waals surface area (Å²) in [4.78, 5) is 21.7. The maximum absolute atomic E-state index is 10.2. The van der Waals surface area contributed by atoms with Gasteiger partial charge in [-0.3, -0.25) is 14.5 Å². The third kappa shape index (κ3) is 8.84. The van der Waals surface area contributed by atoms with Crippen LogP contribution in [0.15, 0.2) is 12.7 Å². The van der Waals surface area contributed by atoms with E-state index >= 15 is 0 Å². The van der Waals surface area contributed by atoms with E-state index in [0.717, 1.165) is 0 Å². The Morgan fingerprint density at radius 3 is 1.85 bits per heavy atom. The lowest BCUT2D eigenvalue weighted by atomic mass is 10.4. The number of rotatable bonds is 6. The van der Waals surface area contributed by atoms with Crippen LogP contribution in [0, 0.1) is 0 Å². The molecule has 13 heavy (non-hydrogen) atoms. The molecule has 0 aliphatic rings. The molecular formula is C7H12ClNO4. The van der Waals surface area contributed by atoms with Gasteiger partial charge in [0, 0.05) is 6.54 Å². The Bertz CT molecular complexity index is 179. The second-order valence-corrected chi connectivity index (χ2v) is 2.25. The number of hydrogen-bond donors (Lipinski definition) is 2. The second kappa shape index (κ2) is 7.57. The summed E-state index contributed by atoms with van der Waals surface area (Å²) in [7, 11) is 0. The number of nitrogens with zero attached hydrogens (tertiary/aromatic N) is 1. The van der Waals surface area contributed by atoms with Gasteiger partial charge in [-0.1, -0.05) is 6.08 Å². The fourth-order valence-electron chi connectivity index (χ4n) is 0.750. The second-order valence-electron chi connectivity index (χ2n) is 2.25. The number of carbonyl (C=O) groups is 2. The summed E-state index contributed by atoms with van der Waals surface area (Å²) >= 11 is 0. The Labute approximate surface area is 82.1 Å². The van der Waals surface area contributed by atoms with Crippen molar-refractivity contribution in [3.05, 3.63) is 12.7 Å². The SMILES string of the molecule is C=CCN(CC(=O)O)CC(=O)O.Cl. The first-order chi connectivity index (χ1) is 5.56. The zero-order valence-electron chi connectivity index (χ0n) is 6.97. The zero-order valence-corrected chi connectivity index (χ0v) is 7.79. The first-order valence-electron chi connectivity index (χ1n) is 3.33. The van der Waals surface area contributed by atoms with Gasteiger partial charge in [0.05, 0.1) is 13.1 Å². The molecule has 0 radical (unpaired) electrons. The molecule has 0 aromatic rings. The molecule has 5 nitrogen and oxygen atoms in total. The summed E-state index contributed by atoms with van der Waals surface area (Å²) in [5.41, 5.74) is 0. The average molecular weight is 210 g/mol. The van der Waals surface area contributed by atoms with E-state index in [9.17, 15) is 9.59 Å². The fourth-order valence-corrected chi connectivity index (χ4v) is 0.750. The van der Waals surface area contributed by atoms with Crippen LogP contribution in [0.3, 0.4) is 0 Å².